The van der Waals surface area contributed by atoms with Gasteiger partial charge in [0, 0.05) is 18.7 Å². The largest absolute Gasteiger partial charge is 0.490 e. The summed E-state index contributed by atoms with van der Waals surface area (Å²) in [7, 11) is 0. The number of halogens is 2. The van der Waals surface area contributed by atoms with Crippen LogP contribution in [-0.4, -0.2) is 24.4 Å². The SMILES string of the molecule is CCOc1cc(CNC[C@@H](C)O)cc(Br)c1OCc1ccccc1F. The monoisotopic (exact) mass is 411 g/mol. The highest BCUT2D eigenvalue weighted by Gasteiger charge is 2.13. The van der Waals surface area contributed by atoms with E-state index in [1.54, 1.807) is 25.1 Å². The molecule has 0 unspecified atom stereocenters. The molecular weight excluding hydrogens is 389 g/mol. The molecule has 2 rings (SSSR count). The molecule has 0 spiro atoms. The highest BCUT2D eigenvalue weighted by Crippen LogP contribution is 2.37. The van der Waals surface area contributed by atoms with Crippen LogP contribution >= 0.6 is 15.9 Å². The van der Waals surface area contributed by atoms with Crippen molar-refractivity contribution in [2.75, 3.05) is 13.2 Å². The highest BCUT2D eigenvalue weighted by atomic mass is 79.9. The zero-order chi connectivity index (χ0) is 18.2. The van der Waals surface area contributed by atoms with Gasteiger partial charge in [0.25, 0.3) is 0 Å². The molecule has 6 heteroatoms. The van der Waals surface area contributed by atoms with Gasteiger partial charge in [-0.25, -0.2) is 4.39 Å². The summed E-state index contributed by atoms with van der Waals surface area (Å²) in [6.45, 7) is 5.34. The Morgan fingerprint density at radius 3 is 2.68 bits per heavy atom. The summed E-state index contributed by atoms with van der Waals surface area (Å²) in [5.74, 6) is 0.849. The molecule has 0 saturated heterocycles. The summed E-state index contributed by atoms with van der Waals surface area (Å²) < 4.78 is 26.0. The second kappa shape index (κ2) is 9.75. The Kier molecular flexibility index (Phi) is 7.68. The van der Waals surface area contributed by atoms with Gasteiger partial charge in [0.15, 0.2) is 11.5 Å². The molecule has 0 bridgehead atoms. The van der Waals surface area contributed by atoms with Gasteiger partial charge in [-0.05, 0) is 53.5 Å². The molecule has 25 heavy (non-hydrogen) atoms. The van der Waals surface area contributed by atoms with Crippen molar-refractivity contribution in [3.05, 3.63) is 57.8 Å². The quantitative estimate of drug-likeness (QED) is 0.653. The molecule has 4 nitrogen and oxygen atoms in total. The van der Waals surface area contributed by atoms with Gasteiger partial charge in [0.1, 0.15) is 12.4 Å². The fourth-order valence-electron chi connectivity index (χ4n) is 2.32. The van der Waals surface area contributed by atoms with Gasteiger partial charge in [-0.15, -0.1) is 0 Å². The van der Waals surface area contributed by atoms with Crippen molar-refractivity contribution in [1.29, 1.82) is 0 Å². The minimum absolute atomic E-state index is 0.116. The molecule has 0 radical (unpaired) electrons. The Bertz CT molecular complexity index is 694. The Labute approximate surface area is 156 Å². The van der Waals surface area contributed by atoms with E-state index in [-0.39, 0.29) is 12.4 Å². The standard InChI is InChI=1S/C19H23BrFNO3/c1-3-24-18-9-14(11-22-10-13(2)23)8-16(20)19(18)25-12-15-6-4-5-7-17(15)21/h4-9,13,22-23H,3,10-12H2,1-2H3/t13-/m1/s1. The average molecular weight is 412 g/mol. The summed E-state index contributed by atoms with van der Waals surface area (Å²) >= 11 is 3.51. The number of ether oxygens (including phenoxy) is 2. The van der Waals surface area contributed by atoms with Crippen LogP contribution in [0.5, 0.6) is 11.5 Å². The van der Waals surface area contributed by atoms with Crippen molar-refractivity contribution >= 4 is 15.9 Å². The van der Waals surface area contributed by atoms with Crippen molar-refractivity contribution in [3.8, 4) is 11.5 Å². The first-order valence-electron chi connectivity index (χ1n) is 8.21. The van der Waals surface area contributed by atoms with E-state index in [9.17, 15) is 9.50 Å². The Morgan fingerprint density at radius 2 is 2.00 bits per heavy atom. The van der Waals surface area contributed by atoms with Gasteiger partial charge in [-0.1, -0.05) is 18.2 Å². The van der Waals surface area contributed by atoms with E-state index in [4.69, 9.17) is 9.47 Å². The lowest BCUT2D eigenvalue weighted by molar-refractivity contribution is 0.191. The summed E-state index contributed by atoms with van der Waals surface area (Å²) in [6.07, 6.45) is -0.404. The zero-order valence-electron chi connectivity index (χ0n) is 14.4. The molecule has 2 aromatic rings. The number of aliphatic hydroxyl groups is 1. The molecule has 0 fully saturated rings. The third-order valence-corrected chi connectivity index (χ3v) is 4.06. The maximum atomic E-state index is 13.8. The van der Waals surface area contributed by atoms with Crippen molar-refractivity contribution in [3.63, 3.8) is 0 Å². The van der Waals surface area contributed by atoms with Crippen LogP contribution in [-0.2, 0) is 13.2 Å². The molecular formula is C19H23BrFNO3. The molecule has 0 aliphatic rings. The number of nitrogens with one attached hydrogen (secondary N) is 1. The van der Waals surface area contributed by atoms with Gasteiger partial charge in [-0.2, -0.15) is 0 Å². The van der Waals surface area contributed by atoms with Crippen molar-refractivity contribution in [2.24, 2.45) is 0 Å². The normalized spacial score (nSPS) is 12.0. The summed E-state index contributed by atoms with van der Waals surface area (Å²) in [5.41, 5.74) is 1.48. The number of aliphatic hydroxyl groups excluding tert-OH is 1. The van der Waals surface area contributed by atoms with Crippen molar-refractivity contribution in [2.45, 2.75) is 33.1 Å². The predicted octanol–water partition coefficient (Wildman–Crippen LogP) is 4.04. The van der Waals surface area contributed by atoms with E-state index < -0.39 is 6.10 Å². The first kappa shape index (κ1) is 19.7. The van der Waals surface area contributed by atoms with Gasteiger partial charge < -0.3 is 19.9 Å². The summed E-state index contributed by atoms with van der Waals surface area (Å²) in [6, 6.07) is 10.3. The molecule has 2 N–H and O–H groups in total. The average Bonchev–Trinajstić information content (AvgIpc) is 2.55. The van der Waals surface area contributed by atoms with Crippen LogP contribution in [0.15, 0.2) is 40.9 Å². The Morgan fingerprint density at radius 1 is 1.24 bits per heavy atom. The number of hydrogen-bond donors (Lipinski definition) is 2. The summed E-state index contributed by atoms with van der Waals surface area (Å²) in [4.78, 5) is 0. The fourth-order valence-corrected chi connectivity index (χ4v) is 2.92. The summed E-state index contributed by atoms with van der Waals surface area (Å²) in [5, 5.41) is 12.5. The topological polar surface area (TPSA) is 50.7 Å². The van der Waals surface area contributed by atoms with E-state index >= 15 is 0 Å². The van der Waals surface area contributed by atoms with Gasteiger partial charge in [-0.3, -0.25) is 0 Å². The van der Waals surface area contributed by atoms with Crippen molar-refractivity contribution in [1.82, 2.24) is 5.32 Å². The lowest BCUT2D eigenvalue weighted by atomic mass is 10.2. The molecule has 2 aromatic carbocycles. The van der Waals surface area contributed by atoms with Crippen molar-refractivity contribution < 1.29 is 19.0 Å². The Balaban J connectivity index is 2.14. The van der Waals surface area contributed by atoms with Crippen LogP contribution in [0, 0.1) is 5.82 Å². The number of hydrogen-bond acceptors (Lipinski definition) is 4. The third-order valence-electron chi connectivity index (χ3n) is 3.47. The second-order valence-electron chi connectivity index (χ2n) is 5.70. The maximum Gasteiger partial charge on any atom is 0.175 e. The highest BCUT2D eigenvalue weighted by molar-refractivity contribution is 9.10. The lowest BCUT2D eigenvalue weighted by Gasteiger charge is -2.16. The Hall–Kier alpha value is -1.63. The minimum Gasteiger partial charge on any atom is -0.490 e. The second-order valence-corrected chi connectivity index (χ2v) is 6.55. The first-order valence-corrected chi connectivity index (χ1v) is 9.00. The van der Waals surface area contributed by atoms with E-state index in [0.717, 1.165) is 10.0 Å². The molecule has 0 amide bonds. The minimum atomic E-state index is -0.404. The fraction of sp³-hybridized carbons (Fsp3) is 0.368. The first-order chi connectivity index (χ1) is 12.0. The molecule has 0 heterocycles. The smallest absolute Gasteiger partial charge is 0.175 e. The van der Waals surface area contributed by atoms with E-state index in [1.165, 1.54) is 6.07 Å². The molecule has 0 aromatic heterocycles. The van der Waals surface area contributed by atoms with Gasteiger partial charge in [0.05, 0.1) is 17.2 Å². The molecule has 1 atom stereocenters. The van der Waals surface area contributed by atoms with E-state index in [0.29, 0.717) is 36.8 Å². The van der Waals surface area contributed by atoms with Crippen LogP contribution in [0.3, 0.4) is 0 Å². The van der Waals surface area contributed by atoms with Crippen LogP contribution in [0.25, 0.3) is 0 Å². The van der Waals surface area contributed by atoms with Crippen LogP contribution in [0.4, 0.5) is 4.39 Å². The molecule has 0 saturated carbocycles. The lowest BCUT2D eigenvalue weighted by Crippen LogP contribution is -2.23. The van der Waals surface area contributed by atoms with Crippen LogP contribution in [0.2, 0.25) is 0 Å². The zero-order valence-corrected chi connectivity index (χ0v) is 16.0. The van der Waals surface area contributed by atoms with Crippen LogP contribution in [0.1, 0.15) is 25.0 Å². The molecule has 136 valence electrons. The number of rotatable bonds is 9. The van der Waals surface area contributed by atoms with E-state index in [1.807, 2.05) is 19.1 Å². The maximum absolute atomic E-state index is 13.8. The van der Waals surface area contributed by atoms with Gasteiger partial charge >= 0.3 is 0 Å². The molecule has 0 aliphatic heterocycles. The third kappa shape index (κ3) is 5.99. The number of benzene rings is 2. The molecule has 0 aliphatic carbocycles. The van der Waals surface area contributed by atoms with Crippen LogP contribution < -0.4 is 14.8 Å². The predicted molar refractivity (Wildman–Crippen MR) is 99.4 cm³/mol. The van der Waals surface area contributed by atoms with Gasteiger partial charge in [0.2, 0.25) is 0 Å². The van der Waals surface area contributed by atoms with E-state index in [2.05, 4.69) is 21.2 Å².